The van der Waals surface area contributed by atoms with Crippen molar-refractivity contribution in [3.05, 3.63) is 0 Å². The van der Waals surface area contributed by atoms with E-state index in [9.17, 15) is 9.59 Å². The van der Waals surface area contributed by atoms with Crippen molar-refractivity contribution in [3.8, 4) is 0 Å². The van der Waals surface area contributed by atoms with Crippen LogP contribution in [0.4, 0.5) is 9.93 Å². The lowest BCUT2D eigenvalue weighted by Crippen LogP contribution is -2.35. The zero-order chi connectivity index (χ0) is 14.8. The molecule has 2 rings (SSSR count). The highest BCUT2D eigenvalue weighted by Crippen LogP contribution is 2.27. The molecule has 0 atom stereocenters. The number of amides is 3. The minimum Gasteiger partial charge on any atom is -0.355 e. The number of thioether (sulfide) groups is 1. The molecule has 3 amide bonds. The monoisotopic (exact) mass is 315 g/mol. The molecular weight excluding hydrogens is 298 g/mol. The van der Waals surface area contributed by atoms with Gasteiger partial charge < -0.3 is 10.6 Å². The highest BCUT2D eigenvalue weighted by molar-refractivity contribution is 8.01. The van der Waals surface area contributed by atoms with Crippen molar-refractivity contribution in [2.75, 3.05) is 24.2 Å². The number of rotatable bonds is 4. The third-order valence-corrected chi connectivity index (χ3v) is 4.32. The van der Waals surface area contributed by atoms with Gasteiger partial charge in [0.1, 0.15) is 0 Å². The Bertz CT molecular complexity index is 511. The van der Waals surface area contributed by atoms with Crippen molar-refractivity contribution >= 4 is 40.2 Å². The third-order valence-electron chi connectivity index (χ3n) is 2.37. The van der Waals surface area contributed by atoms with Crippen LogP contribution in [0.15, 0.2) is 4.34 Å². The number of anilines is 1. The molecule has 0 aliphatic carbocycles. The Hall–Kier alpha value is -1.35. The number of aromatic nitrogens is 2. The molecule has 1 aliphatic rings. The van der Waals surface area contributed by atoms with Gasteiger partial charge in [-0.25, -0.2) is 4.79 Å². The highest BCUT2D eigenvalue weighted by atomic mass is 32.2. The molecule has 1 aromatic heterocycles. The smallest absolute Gasteiger partial charge is 0.324 e. The summed E-state index contributed by atoms with van der Waals surface area (Å²) in [6, 6.07) is -0.317. The minimum atomic E-state index is -0.317. The third kappa shape index (κ3) is 4.07. The standard InChI is InChI=1S/C11H17N5O2S2/c1-11(2,3)13-8-14-15-10(20-8)19-6-7(17)16-5-4-12-9(16)18/h4-6H2,1-3H3,(H,12,18)(H,13,14). The first-order valence-corrected chi connectivity index (χ1v) is 7.98. The molecule has 110 valence electrons. The molecule has 1 aromatic rings. The van der Waals surface area contributed by atoms with E-state index < -0.39 is 0 Å². The molecule has 0 radical (unpaired) electrons. The maximum atomic E-state index is 11.8. The van der Waals surface area contributed by atoms with Crippen LogP contribution in [-0.4, -0.2) is 51.4 Å². The first-order valence-electron chi connectivity index (χ1n) is 6.18. The number of nitrogens with one attached hydrogen (secondary N) is 2. The van der Waals surface area contributed by atoms with Gasteiger partial charge in [0.15, 0.2) is 4.34 Å². The Labute approximate surface area is 125 Å². The molecule has 0 unspecified atom stereocenters. The van der Waals surface area contributed by atoms with Crippen molar-refractivity contribution in [1.29, 1.82) is 0 Å². The first-order chi connectivity index (χ1) is 9.35. The zero-order valence-electron chi connectivity index (χ0n) is 11.6. The number of hydrogen-bond acceptors (Lipinski definition) is 7. The number of carbonyl (C=O) groups is 2. The second kappa shape index (κ2) is 5.96. The molecule has 0 aromatic carbocycles. The molecule has 1 fully saturated rings. The van der Waals surface area contributed by atoms with Gasteiger partial charge in [0.2, 0.25) is 11.0 Å². The van der Waals surface area contributed by atoms with Gasteiger partial charge >= 0.3 is 6.03 Å². The lowest BCUT2D eigenvalue weighted by atomic mass is 10.1. The SMILES string of the molecule is CC(C)(C)Nc1nnc(SCC(=O)N2CCNC2=O)s1. The summed E-state index contributed by atoms with van der Waals surface area (Å²) < 4.78 is 0.713. The van der Waals surface area contributed by atoms with Gasteiger partial charge in [-0.05, 0) is 20.8 Å². The fraction of sp³-hybridized carbons (Fsp3) is 0.636. The van der Waals surface area contributed by atoms with E-state index in [-0.39, 0.29) is 23.2 Å². The van der Waals surface area contributed by atoms with Crippen LogP contribution < -0.4 is 10.6 Å². The van der Waals surface area contributed by atoms with Gasteiger partial charge in [0.05, 0.1) is 5.75 Å². The van der Waals surface area contributed by atoms with Crippen LogP contribution in [0.25, 0.3) is 0 Å². The summed E-state index contributed by atoms with van der Waals surface area (Å²) in [4.78, 5) is 24.4. The fourth-order valence-corrected chi connectivity index (χ4v) is 3.39. The molecule has 9 heteroatoms. The van der Waals surface area contributed by atoms with Crippen molar-refractivity contribution < 1.29 is 9.59 Å². The van der Waals surface area contributed by atoms with Crippen molar-refractivity contribution in [2.45, 2.75) is 30.6 Å². The average Bonchev–Trinajstić information content (AvgIpc) is 2.93. The lowest BCUT2D eigenvalue weighted by Gasteiger charge is -2.18. The van der Waals surface area contributed by atoms with E-state index in [1.807, 2.05) is 20.8 Å². The van der Waals surface area contributed by atoms with Crippen LogP contribution in [0.1, 0.15) is 20.8 Å². The summed E-state index contributed by atoms with van der Waals surface area (Å²) in [5, 5.41) is 14.6. The second-order valence-electron chi connectivity index (χ2n) is 5.31. The molecule has 2 N–H and O–H groups in total. The summed E-state index contributed by atoms with van der Waals surface area (Å²) in [5.74, 6) is -0.0112. The Morgan fingerprint density at radius 1 is 1.50 bits per heavy atom. The summed E-state index contributed by atoms with van der Waals surface area (Å²) in [6.07, 6.45) is 0. The number of carbonyl (C=O) groups excluding carboxylic acids is 2. The van der Waals surface area contributed by atoms with Gasteiger partial charge in [0.25, 0.3) is 0 Å². The summed E-state index contributed by atoms with van der Waals surface area (Å²) in [6.45, 7) is 7.07. The molecular formula is C11H17N5O2S2. The van der Waals surface area contributed by atoms with Crippen LogP contribution in [0.3, 0.4) is 0 Å². The largest absolute Gasteiger partial charge is 0.355 e. The van der Waals surface area contributed by atoms with E-state index in [1.165, 1.54) is 28.0 Å². The fourth-order valence-electron chi connectivity index (χ4n) is 1.55. The number of hydrogen-bond donors (Lipinski definition) is 2. The van der Waals surface area contributed by atoms with Crippen LogP contribution >= 0.6 is 23.1 Å². The molecule has 2 heterocycles. The first kappa shape index (κ1) is 15.0. The lowest BCUT2D eigenvalue weighted by molar-refractivity contribution is -0.124. The number of urea groups is 1. The van der Waals surface area contributed by atoms with Crippen molar-refractivity contribution in [1.82, 2.24) is 20.4 Å². The molecule has 0 bridgehead atoms. The molecule has 1 saturated heterocycles. The van der Waals surface area contributed by atoms with E-state index in [2.05, 4.69) is 20.8 Å². The van der Waals surface area contributed by atoms with Gasteiger partial charge in [-0.2, -0.15) is 0 Å². The van der Waals surface area contributed by atoms with Crippen molar-refractivity contribution in [3.63, 3.8) is 0 Å². The zero-order valence-corrected chi connectivity index (χ0v) is 13.2. The average molecular weight is 315 g/mol. The maximum absolute atomic E-state index is 11.8. The van der Waals surface area contributed by atoms with Gasteiger partial charge in [-0.3, -0.25) is 9.69 Å². The number of nitrogens with zero attached hydrogens (tertiary/aromatic N) is 3. The molecule has 0 saturated carbocycles. The molecule has 20 heavy (non-hydrogen) atoms. The predicted octanol–water partition coefficient (Wildman–Crippen LogP) is 1.39. The Kier molecular flexibility index (Phi) is 4.48. The van der Waals surface area contributed by atoms with E-state index in [4.69, 9.17) is 0 Å². The number of imide groups is 1. The molecule has 0 spiro atoms. The Balaban J connectivity index is 1.85. The van der Waals surface area contributed by atoms with Crippen LogP contribution in [0.2, 0.25) is 0 Å². The topological polar surface area (TPSA) is 87.2 Å². The van der Waals surface area contributed by atoms with Crippen LogP contribution in [0, 0.1) is 0 Å². The Morgan fingerprint density at radius 2 is 2.25 bits per heavy atom. The van der Waals surface area contributed by atoms with Gasteiger partial charge in [-0.15, -0.1) is 10.2 Å². The highest BCUT2D eigenvalue weighted by Gasteiger charge is 2.26. The maximum Gasteiger partial charge on any atom is 0.324 e. The van der Waals surface area contributed by atoms with Crippen molar-refractivity contribution in [2.24, 2.45) is 0 Å². The van der Waals surface area contributed by atoms with E-state index in [0.717, 1.165) is 5.13 Å². The second-order valence-corrected chi connectivity index (χ2v) is 7.51. The Morgan fingerprint density at radius 3 is 2.85 bits per heavy atom. The van der Waals surface area contributed by atoms with Gasteiger partial charge in [0, 0.05) is 18.6 Å². The molecule has 7 nitrogen and oxygen atoms in total. The minimum absolute atomic E-state index is 0.0784. The summed E-state index contributed by atoms with van der Waals surface area (Å²) in [7, 11) is 0. The van der Waals surface area contributed by atoms with E-state index in [0.29, 0.717) is 17.4 Å². The van der Waals surface area contributed by atoms with E-state index in [1.54, 1.807) is 0 Å². The summed E-state index contributed by atoms with van der Waals surface area (Å²) in [5.41, 5.74) is -0.0784. The van der Waals surface area contributed by atoms with Gasteiger partial charge in [-0.1, -0.05) is 23.1 Å². The normalized spacial score (nSPS) is 15.3. The van der Waals surface area contributed by atoms with Crippen LogP contribution in [-0.2, 0) is 4.79 Å². The van der Waals surface area contributed by atoms with E-state index >= 15 is 0 Å². The predicted molar refractivity (Wildman–Crippen MR) is 79.1 cm³/mol. The quantitative estimate of drug-likeness (QED) is 0.817. The molecule has 1 aliphatic heterocycles. The van der Waals surface area contributed by atoms with Crippen LogP contribution in [0.5, 0.6) is 0 Å². The summed E-state index contributed by atoms with van der Waals surface area (Å²) >= 11 is 2.70.